The molecule has 3 rings (SSSR count). The average Bonchev–Trinajstić information content (AvgIpc) is 3.32. The molecule has 1 aliphatic rings. The Labute approximate surface area is 160 Å². The molecule has 0 saturated heterocycles. The molecule has 2 aromatic rings. The molecule has 6 heteroatoms. The molecule has 1 N–H and O–H groups in total. The Morgan fingerprint density at radius 1 is 1.11 bits per heavy atom. The van der Waals surface area contributed by atoms with E-state index in [1.165, 1.54) is 36.4 Å². The minimum Gasteiger partial charge on any atom is -0.322 e. The van der Waals surface area contributed by atoms with Gasteiger partial charge in [-0.05, 0) is 48.7 Å². The molecule has 0 aromatic heterocycles. The van der Waals surface area contributed by atoms with Gasteiger partial charge in [-0.25, -0.2) is 4.39 Å². The van der Waals surface area contributed by atoms with Crippen molar-refractivity contribution in [2.75, 3.05) is 5.32 Å². The van der Waals surface area contributed by atoms with E-state index in [4.69, 9.17) is 0 Å². The first-order valence-corrected chi connectivity index (χ1v) is 8.78. The van der Waals surface area contributed by atoms with Crippen molar-refractivity contribution < 1.29 is 22.4 Å². The van der Waals surface area contributed by atoms with Crippen LogP contribution in [-0.2, 0) is 11.0 Å². The molecule has 2 nitrogen and oxygen atoms in total. The van der Waals surface area contributed by atoms with Crippen LogP contribution in [0.2, 0.25) is 0 Å². The predicted molar refractivity (Wildman–Crippen MR) is 101 cm³/mol. The molecular weight excluding hydrogens is 370 g/mol. The van der Waals surface area contributed by atoms with Crippen LogP contribution in [-0.4, -0.2) is 11.6 Å². The number of allylic oxidation sites excluding steroid dienone is 3. The second-order valence-electron chi connectivity index (χ2n) is 6.83. The number of para-hydroxylation sites is 1. The number of anilines is 1. The van der Waals surface area contributed by atoms with E-state index in [0.717, 1.165) is 17.7 Å². The van der Waals surface area contributed by atoms with Gasteiger partial charge in [0.1, 0.15) is 5.67 Å². The number of aryl methyl sites for hydroxylation is 1. The zero-order valence-electron chi connectivity index (χ0n) is 15.1. The quantitative estimate of drug-likeness (QED) is 0.382. The van der Waals surface area contributed by atoms with Crippen molar-refractivity contribution >= 4 is 11.6 Å². The molecule has 0 radical (unpaired) electrons. The van der Waals surface area contributed by atoms with Crippen molar-refractivity contribution in [2.24, 2.45) is 0 Å². The summed E-state index contributed by atoms with van der Waals surface area (Å²) in [5.74, 6) is -0.804. The Morgan fingerprint density at radius 2 is 1.79 bits per heavy atom. The molecule has 1 fully saturated rings. The van der Waals surface area contributed by atoms with Crippen molar-refractivity contribution in [1.82, 2.24) is 0 Å². The molecule has 1 saturated carbocycles. The summed E-state index contributed by atoms with van der Waals surface area (Å²) in [5.41, 5.74) is -0.190. The number of nitrogens with one attached hydrogen (secondary N) is 1. The van der Waals surface area contributed by atoms with Crippen LogP contribution >= 0.6 is 0 Å². The number of hydrogen-bond acceptors (Lipinski definition) is 1. The lowest BCUT2D eigenvalue weighted by molar-refractivity contribution is -0.137. The highest BCUT2D eigenvalue weighted by Gasteiger charge is 2.54. The third kappa shape index (κ3) is 4.68. The fraction of sp³-hybridized carbons (Fsp3) is 0.227. The van der Waals surface area contributed by atoms with Crippen LogP contribution in [0.3, 0.4) is 0 Å². The van der Waals surface area contributed by atoms with Gasteiger partial charge in [0.05, 0.1) is 5.56 Å². The average molecular weight is 389 g/mol. The maximum absolute atomic E-state index is 14.7. The number of halogens is 4. The van der Waals surface area contributed by atoms with Crippen LogP contribution < -0.4 is 5.32 Å². The summed E-state index contributed by atoms with van der Waals surface area (Å²) < 4.78 is 52.4. The van der Waals surface area contributed by atoms with Crippen LogP contribution in [0.15, 0.2) is 72.8 Å². The Balaban J connectivity index is 1.55. The third-order valence-electron chi connectivity index (χ3n) is 4.71. The Bertz CT molecular complexity index is 915. The summed E-state index contributed by atoms with van der Waals surface area (Å²) in [5, 5.41) is 2.73. The minimum atomic E-state index is -4.40. The largest absolute Gasteiger partial charge is 0.416 e. The standard InChI is InChI=1S/C22H19F4NO/c1-15-6-2-3-7-19(15)27-20(28)8-4-5-13-21(23)14-18(21)16-9-11-17(12-10-16)22(24,25)26/h2-13,18H,14H2,1H3,(H,27,28)/b8-4+,13-5+. The van der Waals surface area contributed by atoms with Gasteiger partial charge in [-0.1, -0.05) is 42.5 Å². The molecule has 2 aromatic carbocycles. The second-order valence-corrected chi connectivity index (χ2v) is 6.83. The molecule has 1 amide bonds. The van der Waals surface area contributed by atoms with Crippen molar-refractivity contribution in [1.29, 1.82) is 0 Å². The molecule has 28 heavy (non-hydrogen) atoms. The lowest BCUT2D eigenvalue weighted by Gasteiger charge is -2.08. The van der Waals surface area contributed by atoms with E-state index in [-0.39, 0.29) is 12.3 Å². The molecule has 146 valence electrons. The number of alkyl halides is 4. The monoisotopic (exact) mass is 389 g/mol. The summed E-state index contributed by atoms with van der Waals surface area (Å²) in [7, 11) is 0. The molecular formula is C22H19F4NO. The first-order chi connectivity index (χ1) is 13.2. The topological polar surface area (TPSA) is 29.1 Å². The molecule has 0 aliphatic heterocycles. The number of carbonyl (C=O) groups excluding carboxylic acids is 1. The highest BCUT2D eigenvalue weighted by atomic mass is 19.4. The van der Waals surface area contributed by atoms with Gasteiger partial charge in [-0.15, -0.1) is 0 Å². The summed E-state index contributed by atoms with van der Waals surface area (Å²) in [6, 6.07) is 11.9. The maximum atomic E-state index is 14.7. The van der Waals surface area contributed by atoms with Gasteiger partial charge in [0, 0.05) is 17.7 Å². The van der Waals surface area contributed by atoms with Crippen LogP contribution in [0, 0.1) is 6.92 Å². The predicted octanol–water partition coefficient (Wildman–Crippen LogP) is 5.96. The van der Waals surface area contributed by atoms with Crippen molar-refractivity contribution in [3.63, 3.8) is 0 Å². The minimum absolute atomic E-state index is 0.206. The molecule has 1 aliphatic carbocycles. The summed E-state index contributed by atoms with van der Waals surface area (Å²) in [4.78, 5) is 11.9. The normalized spacial score (nSPS) is 22.0. The van der Waals surface area contributed by atoms with Gasteiger partial charge in [0.25, 0.3) is 0 Å². The van der Waals surface area contributed by atoms with Gasteiger partial charge in [-0.3, -0.25) is 4.79 Å². The lowest BCUT2D eigenvalue weighted by atomic mass is 10.1. The van der Waals surface area contributed by atoms with E-state index in [9.17, 15) is 22.4 Å². The first-order valence-electron chi connectivity index (χ1n) is 8.78. The lowest BCUT2D eigenvalue weighted by Crippen LogP contribution is -2.08. The van der Waals surface area contributed by atoms with Crippen molar-refractivity contribution in [2.45, 2.75) is 31.1 Å². The fourth-order valence-corrected chi connectivity index (χ4v) is 2.98. The second kappa shape index (κ2) is 7.62. The molecule has 0 heterocycles. The third-order valence-corrected chi connectivity index (χ3v) is 4.71. The van der Waals surface area contributed by atoms with Crippen LogP contribution in [0.25, 0.3) is 0 Å². The van der Waals surface area contributed by atoms with E-state index < -0.39 is 23.3 Å². The van der Waals surface area contributed by atoms with Crippen LogP contribution in [0.5, 0.6) is 0 Å². The van der Waals surface area contributed by atoms with E-state index in [1.54, 1.807) is 6.07 Å². The SMILES string of the molecule is Cc1ccccc1NC(=O)/C=C/C=C/C1(F)CC1c1ccc(C(F)(F)F)cc1. The zero-order chi connectivity index (χ0) is 20.4. The maximum Gasteiger partial charge on any atom is 0.416 e. The molecule has 2 unspecified atom stereocenters. The number of amides is 1. The van der Waals surface area contributed by atoms with Gasteiger partial charge < -0.3 is 5.32 Å². The highest BCUT2D eigenvalue weighted by Crippen LogP contribution is 2.55. The van der Waals surface area contributed by atoms with Crippen molar-refractivity contribution in [3.8, 4) is 0 Å². The van der Waals surface area contributed by atoms with E-state index in [1.807, 2.05) is 25.1 Å². The number of benzene rings is 2. The Morgan fingerprint density at radius 3 is 2.43 bits per heavy atom. The van der Waals surface area contributed by atoms with Gasteiger partial charge in [0.2, 0.25) is 5.91 Å². The van der Waals surface area contributed by atoms with Crippen LogP contribution in [0.1, 0.15) is 29.0 Å². The van der Waals surface area contributed by atoms with E-state index >= 15 is 0 Å². The van der Waals surface area contributed by atoms with Gasteiger partial charge in [0.15, 0.2) is 0 Å². The summed E-state index contributed by atoms with van der Waals surface area (Å²) in [6.07, 6.45) is 1.32. The Kier molecular flexibility index (Phi) is 5.40. The molecule has 0 bridgehead atoms. The van der Waals surface area contributed by atoms with E-state index in [0.29, 0.717) is 11.3 Å². The number of carbonyl (C=O) groups is 1. The zero-order valence-corrected chi connectivity index (χ0v) is 15.1. The summed E-state index contributed by atoms with van der Waals surface area (Å²) >= 11 is 0. The van der Waals surface area contributed by atoms with E-state index in [2.05, 4.69) is 5.32 Å². The molecule has 2 atom stereocenters. The highest BCUT2D eigenvalue weighted by molar-refractivity contribution is 5.99. The number of rotatable bonds is 5. The van der Waals surface area contributed by atoms with Crippen LogP contribution in [0.4, 0.5) is 23.2 Å². The Hall–Kier alpha value is -2.89. The van der Waals surface area contributed by atoms with Gasteiger partial charge >= 0.3 is 6.18 Å². The fourth-order valence-electron chi connectivity index (χ4n) is 2.98. The first kappa shape index (κ1) is 19.9. The summed E-state index contributed by atoms with van der Waals surface area (Å²) in [6.45, 7) is 1.88. The van der Waals surface area contributed by atoms with Crippen molar-refractivity contribution in [3.05, 3.63) is 89.5 Å². The molecule has 0 spiro atoms. The van der Waals surface area contributed by atoms with Gasteiger partial charge in [-0.2, -0.15) is 13.2 Å². The smallest absolute Gasteiger partial charge is 0.322 e. The number of hydrogen-bond donors (Lipinski definition) is 1.